The standard InChI is InChI=1S/C14H13BrN2O2/c1-19-11-5-2-9(3-6-11)14(18)17-10-4-7-12(15)13(16)8-10/h2-8H,16H2,1H3,(H,17,18). The molecule has 0 aliphatic rings. The lowest BCUT2D eigenvalue weighted by atomic mass is 10.2. The molecule has 0 radical (unpaired) electrons. The molecule has 0 aliphatic heterocycles. The van der Waals surface area contributed by atoms with E-state index in [0.29, 0.717) is 22.7 Å². The third-order valence-corrected chi connectivity index (χ3v) is 3.33. The first kappa shape index (κ1) is 13.4. The Morgan fingerprint density at radius 2 is 1.89 bits per heavy atom. The van der Waals surface area contributed by atoms with Crippen LogP contribution >= 0.6 is 15.9 Å². The van der Waals surface area contributed by atoms with E-state index >= 15 is 0 Å². The van der Waals surface area contributed by atoms with Gasteiger partial charge in [-0.25, -0.2) is 0 Å². The lowest BCUT2D eigenvalue weighted by Gasteiger charge is -2.07. The van der Waals surface area contributed by atoms with Gasteiger partial charge in [-0.3, -0.25) is 4.79 Å². The van der Waals surface area contributed by atoms with E-state index in [9.17, 15) is 4.79 Å². The fourth-order valence-electron chi connectivity index (χ4n) is 1.57. The molecule has 0 fully saturated rings. The molecule has 3 N–H and O–H groups in total. The van der Waals surface area contributed by atoms with Gasteiger partial charge in [0.05, 0.1) is 7.11 Å². The fourth-order valence-corrected chi connectivity index (χ4v) is 1.81. The number of benzene rings is 2. The van der Waals surface area contributed by atoms with Crippen LogP contribution in [0.5, 0.6) is 5.75 Å². The average molecular weight is 321 g/mol. The van der Waals surface area contributed by atoms with E-state index in [1.54, 1.807) is 49.6 Å². The van der Waals surface area contributed by atoms with Gasteiger partial charge >= 0.3 is 0 Å². The first-order valence-electron chi connectivity index (χ1n) is 5.60. The summed E-state index contributed by atoms with van der Waals surface area (Å²) in [6.07, 6.45) is 0. The zero-order valence-corrected chi connectivity index (χ0v) is 11.9. The van der Waals surface area contributed by atoms with Gasteiger partial charge in [0.15, 0.2) is 0 Å². The minimum Gasteiger partial charge on any atom is -0.497 e. The highest BCUT2D eigenvalue weighted by Crippen LogP contribution is 2.23. The summed E-state index contributed by atoms with van der Waals surface area (Å²) in [4.78, 5) is 12.0. The van der Waals surface area contributed by atoms with E-state index in [-0.39, 0.29) is 5.91 Å². The van der Waals surface area contributed by atoms with Crippen molar-refractivity contribution in [3.8, 4) is 5.75 Å². The molecule has 0 saturated carbocycles. The minimum absolute atomic E-state index is 0.190. The SMILES string of the molecule is COc1ccc(C(=O)Nc2ccc(Br)c(N)c2)cc1. The third-order valence-electron chi connectivity index (χ3n) is 2.61. The predicted octanol–water partition coefficient (Wildman–Crippen LogP) is 3.29. The van der Waals surface area contributed by atoms with Gasteiger partial charge in [-0.05, 0) is 58.4 Å². The molecular weight excluding hydrogens is 308 g/mol. The second kappa shape index (κ2) is 5.75. The number of amides is 1. The number of anilines is 2. The van der Waals surface area contributed by atoms with Crippen molar-refractivity contribution >= 4 is 33.2 Å². The third kappa shape index (κ3) is 3.26. The lowest BCUT2D eigenvalue weighted by Crippen LogP contribution is -2.11. The van der Waals surface area contributed by atoms with Crippen LogP contribution in [0.25, 0.3) is 0 Å². The van der Waals surface area contributed by atoms with Crippen LogP contribution in [0, 0.1) is 0 Å². The number of ether oxygens (including phenoxy) is 1. The minimum atomic E-state index is -0.190. The van der Waals surface area contributed by atoms with Gasteiger partial charge < -0.3 is 15.8 Å². The Labute approximate surface area is 119 Å². The summed E-state index contributed by atoms with van der Waals surface area (Å²) in [5, 5.41) is 2.78. The van der Waals surface area contributed by atoms with Crippen molar-refractivity contribution in [3.63, 3.8) is 0 Å². The van der Waals surface area contributed by atoms with Gasteiger partial charge in [-0.2, -0.15) is 0 Å². The maximum atomic E-state index is 12.0. The molecule has 4 nitrogen and oxygen atoms in total. The molecule has 0 bridgehead atoms. The first-order chi connectivity index (χ1) is 9.10. The number of nitrogen functional groups attached to an aromatic ring is 1. The molecule has 1 amide bonds. The highest BCUT2D eigenvalue weighted by molar-refractivity contribution is 9.10. The Bertz CT molecular complexity index is 597. The van der Waals surface area contributed by atoms with Crippen molar-refractivity contribution in [1.82, 2.24) is 0 Å². The van der Waals surface area contributed by atoms with Crippen LogP contribution in [0.1, 0.15) is 10.4 Å². The second-order valence-electron chi connectivity index (χ2n) is 3.92. The topological polar surface area (TPSA) is 64.3 Å². The Morgan fingerprint density at radius 1 is 1.21 bits per heavy atom. The van der Waals surface area contributed by atoms with E-state index in [4.69, 9.17) is 10.5 Å². The smallest absolute Gasteiger partial charge is 0.255 e. The number of methoxy groups -OCH3 is 1. The van der Waals surface area contributed by atoms with Crippen LogP contribution in [0.2, 0.25) is 0 Å². The summed E-state index contributed by atoms with van der Waals surface area (Å²) in [5.41, 5.74) is 7.55. The molecule has 0 atom stereocenters. The van der Waals surface area contributed by atoms with Crippen LogP contribution in [-0.4, -0.2) is 13.0 Å². The molecule has 98 valence electrons. The molecule has 5 heteroatoms. The maximum Gasteiger partial charge on any atom is 0.255 e. The van der Waals surface area contributed by atoms with Crippen LogP contribution in [0.15, 0.2) is 46.9 Å². The van der Waals surface area contributed by atoms with Crippen molar-refractivity contribution in [1.29, 1.82) is 0 Å². The van der Waals surface area contributed by atoms with Gasteiger partial charge in [0.1, 0.15) is 5.75 Å². The van der Waals surface area contributed by atoms with Crippen molar-refractivity contribution in [2.45, 2.75) is 0 Å². The second-order valence-corrected chi connectivity index (χ2v) is 4.77. The van der Waals surface area contributed by atoms with Crippen LogP contribution < -0.4 is 15.8 Å². The largest absolute Gasteiger partial charge is 0.497 e. The summed E-state index contributed by atoms with van der Waals surface area (Å²) in [7, 11) is 1.58. The number of hydrogen-bond acceptors (Lipinski definition) is 3. The number of carbonyl (C=O) groups excluding carboxylic acids is 1. The summed E-state index contributed by atoms with van der Waals surface area (Å²) in [5.74, 6) is 0.522. The molecule has 2 aromatic carbocycles. The Hall–Kier alpha value is -2.01. The first-order valence-corrected chi connectivity index (χ1v) is 6.40. The zero-order chi connectivity index (χ0) is 13.8. The summed E-state index contributed by atoms with van der Waals surface area (Å²) >= 11 is 3.30. The monoisotopic (exact) mass is 320 g/mol. The lowest BCUT2D eigenvalue weighted by molar-refractivity contribution is 0.102. The maximum absolute atomic E-state index is 12.0. The molecular formula is C14H13BrN2O2. The number of hydrogen-bond donors (Lipinski definition) is 2. The van der Waals surface area contributed by atoms with Crippen LogP contribution in [-0.2, 0) is 0 Å². The molecule has 2 aromatic rings. The molecule has 19 heavy (non-hydrogen) atoms. The summed E-state index contributed by atoms with van der Waals surface area (Å²) in [6, 6.07) is 12.2. The summed E-state index contributed by atoms with van der Waals surface area (Å²) in [6.45, 7) is 0. The Kier molecular flexibility index (Phi) is 4.06. The molecule has 0 unspecified atom stereocenters. The van der Waals surface area contributed by atoms with Gasteiger partial charge in [-0.1, -0.05) is 0 Å². The quantitative estimate of drug-likeness (QED) is 0.853. The predicted molar refractivity (Wildman–Crippen MR) is 79.5 cm³/mol. The fraction of sp³-hybridized carbons (Fsp3) is 0.0714. The zero-order valence-electron chi connectivity index (χ0n) is 10.3. The van der Waals surface area contributed by atoms with Crippen molar-refractivity contribution < 1.29 is 9.53 Å². The molecule has 0 heterocycles. The Morgan fingerprint density at radius 3 is 2.47 bits per heavy atom. The van der Waals surface area contributed by atoms with Gasteiger partial charge in [-0.15, -0.1) is 0 Å². The van der Waals surface area contributed by atoms with Gasteiger partial charge in [0.2, 0.25) is 0 Å². The number of nitrogens with two attached hydrogens (primary N) is 1. The van der Waals surface area contributed by atoms with Crippen molar-refractivity contribution in [2.24, 2.45) is 0 Å². The number of carbonyl (C=O) groups is 1. The van der Waals surface area contributed by atoms with Gasteiger partial charge in [0.25, 0.3) is 5.91 Å². The highest BCUT2D eigenvalue weighted by Gasteiger charge is 2.07. The average Bonchev–Trinajstić information content (AvgIpc) is 2.43. The van der Waals surface area contributed by atoms with Crippen LogP contribution in [0.3, 0.4) is 0 Å². The Balaban J connectivity index is 2.13. The molecule has 0 saturated heterocycles. The van der Waals surface area contributed by atoms with Crippen LogP contribution in [0.4, 0.5) is 11.4 Å². The normalized spacial score (nSPS) is 10.0. The highest BCUT2D eigenvalue weighted by atomic mass is 79.9. The van der Waals surface area contributed by atoms with E-state index in [0.717, 1.165) is 4.47 Å². The molecule has 0 aliphatic carbocycles. The van der Waals surface area contributed by atoms with Gasteiger partial charge in [0, 0.05) is 21.4 Å². The number of halogens is 1. The van der Waals surface area contributed by atoms with Crippen molar-refractivity contribution in [3.05, 3.63) is 52.5 Å². The number of nitrogens with one attached hydrogen (secondary N) is 1. The molecule has 0 spiro atoms. The molecule has 2 rings (SSSR count). The van der Waals surface area contributed by atoms with E-state index in [1.165, 1.54) is 0 Å². The number of rotatable bonds is 3. The summed E-state index contributed by atoms with van der Waals surface area (Å²) < 4.78 is 5.84. The molecule has 0 aromatic heterocycles. The van der Waals surface area contributed by atoms with E-state index < -0.39 is 0 Å². The van der Waals surface area contributed by atoms with Crippen molar-refractivity contribution in [2.75, 3.05) is 18.2 Å². The van der Waals surface area contributed by atoms with E-state index in [2.05, 4.69) is 21.2 Å². The van der Waals surface area contributed by atoms with E-state index in [1.807, 2.05) is 0 Å².